The molecule has 0 saturated carbocycles. The topological polar surface area (TPSA) is 55.1 Å². The number of hydrogen-bond donors (Lipinski definition) is 2. The van der Waals surface area contributed by atoms with Crippen molar-refractivity contribution in [3.63, 3.8) is 0 Å². The third-order valence-electron chi connectivity index (χ3n) is 4.18. The van der Waals surface area contributed by atoms with Gasteiger partial charge in [-0.3, -0.25) is 4.79 Å². The highest BCUT2D eigenvalue weighted by atomic mass is 35.5. The van der Waals surface area contributed by atoms with E-state index in [1.165, 1.54) is 0 Å². The summed E-state index contributed by atoms with van der Waals surface area (Å²) < 4.78 is 26.8. The van der Waals surface area contributed by atoms with E-state index in [1.807, 2.05) is 18.2 Å². The number of amides is 1. The van der Waals surface area contributed by atoms with Crippen LogP contribution >= 0.6 is 12.4 Å². The number of carbonyl (C=O) groups excluding carboxylic acids is 1. The molecule has 0 heterocycles. The Morgan fingerprint density at radius 2 is 2.00 bits per heavy atom. The average molecular weight is 353 g/mol. The fraction of sp³-hybridized carbons (Fsp3) is 0.278. The second-order valence-corrected chi connectivity index (χ2v) is 5.88. The highest BCUT2D eigenvalue weighted by Gasteiger charge is 2.22. The van der Waals surface area contributed by atoms with Gasteiger partial charge in [0.1, 0.15) is 11.6 Å². The van der Waals surface area contributed by atoms with Crippen LogP contribution < -0.4 is 11.1 Å². The molecule has 2 aromatic carbocycles. The van der Waals surface area contributed by atoms with Crippen LogP contribution in [0.15, 0.2) is 36.4 Å². The number of nitrogens with two attached hydrogens (primary N) is 1. The number of hydrogen-bond acceptors (Lipinski definition) is 2. The molecule has 1 amide bonds. The molecule has 3 N–H and O–H groups in total. The van der Waals surface area contributed by atoms with Gasteiger partial charge in [0.05, 0.1) is 12.5 Å². The van der Waals surface area contributed by atoms with E-state index in [2.05, 4.69) is 5.32 Å². The quantitative estimate of drug-likeness (QED) is 0.827. The van der Waals surface area contributed by atoms with Crippen molar-refractivity contribution < 1.29 is 13.6 Å². The Morgan fingerprint density at radius 3 is 2.79 bits per heavy atom. The Bertz CT molecular complexity index is 752. The summed E-state index contributed by atoms with van der Waals surface area (Å²) in [6.07, 6.45) is 2.54. The second-order valence-electron chi connectivity index (χ2n) is 5.88. The van der Waals surface area contributed by atoms with Crippen LogP contribution in [-0.4, -0.2) is 5.91 Å². The number of benzene rings is 2. The molecular formula is C18H19ClF2N2O. The van der Waals surface area contributed by atoms with Gasteiger partial charge in [0.2, 0.25) is 5.91 Å². The molecule has 0 aromatic heterocycles. The van der Waals surface area contributed by atoms with E-state index >= 15 is 0 Å². The molecule has 0 spiro atoms. The fourth-order valence-electron chi connectivity index (χ4n) is 3.08. The van der Waals surface area contributed by atoms with E-state index in [0.717, 1.165) is 48.6 Å². The molecule has 3 rings (SSSR count). The van der Waals surface area contributed by atoms with Gasteiger partial charge in [-0.25, -0.2) is 8.78 Å². The lowest BCUT2D eigenvalue weighted by molar-refractivity contribution is -0.121. The van der Waals surface area contributed by atoms with Crippen molar-refractivity contribution in [2.45, 2.75) is 31.7 Å². The highest BCUT2D eigenvalue weighted by molar-refractivity contribution is 5.85. The first-order valence-electron chi connectivity index (χ1n) is 7.64. The molecule has 0 aliphatic heterocycles. The maximum Gasteiger partial charge on any atom is 0.225 e. The largest absolute Gasteiger partial charge is 0.399 e. The maximum atomic E-state index is 13.6. The first-order chi connectivity index (χ1) is 11.0. The SMILES string of the molecule is Cl.Nc1ccc2c(c1)CCCC2NC(=O)Cc1cc(F)ccc1F. The molecule has 1 aliphatic rings. The van der Waals surface area contributed by atoms with Crippen molar-refractivity contribution in [2.24, 2.45) is 0 Å². The molecular weight excluding hydrogens is 334 g/mol. The Morgan fingerprint density at radius 1 is 1.21 bits per heavy atom. The molecule has 1 atom stereocenters. The molecule has 24 heavy (non-hydrogen) atoms. The molecule has 0 bridgehead atoms. The van der Waals surface area contributed by atoms with Crippen LogP contribution in [0.2, 0.25) is 0 Å². The van der Waals surface area contributed by atoms with Crippen molar-refractivity contribution in [3.8, 4) is 0 Å². The van der Waals surface area contributed by atoms with Gasteiger partial charge < -0.3 is 11.1 Å². The molecule has 0 fully saturated rings. The minimum Gasteiger partial charge on any atom is -0.399 e. The van der Waals surface area contributed by atoms with Gasteiger partial charge in [-0.15, -0.1) is 12.4 Å². The highest BCUT2D eigenvalue weighted by Crippen LogP contribution is 2.31. The number of nitrogen functional groups attached to an aromatic ring is 1. The van der Waals surface area contributed by atoms with Crippen LogP contribution in [0.4, 0.5) is 14.5 Å². The van der Waals surface area contributed by atoms with E-state index in [0.29, 0.717) is 5.69 Å². The van der Waals surface area contributed by atoms with Gasteiger partial charge in [0.25, 0.3) is 0 Å². The van der Waals surface area contributed by atoms with Crippen molar-refractivity contribution in [1.82, 2.24) is 5.32 Å². The van der Waals surface area contributed by atoms with Crippen molar-refractivity contribution in [3.05, 3.63) is 64.7 Å². The summed E-state index contributed by atoms with van der Waals surface area (Å²) in [4.78, 5) is 12.2. The van der Waals surface area contributed by atoms with Crippen LogP contribution in [0, 0.1) is 11.6 Å². The van der Waals surface area contributed by atoms with E-state index in [4.69, 9.17) is 5.73 Å². The first-order valence-corrected chi connectivity index (χ1v) is 7.64. The van der Waals surface area contributed by atoms with Gasteiger partial charge in [0, 0.05) is 11.3 Å². The lowest BCUT2D eigenvalue weighted by Gasteiger charge is -2.26. The lowest BCUT2D eigenvalue weighted by atomic mass is 9.87. The third kappa shape index (κ3) is 4.03. The van der Waals surface area contributed by atoms with Gasteiger partial charge in [-0.05, 0) is 60.7 Å². The van der Waals surface area contributed by atoms with Crippen LogP contribution in [0.3, 0.4) is 0 Å². The summed E-state index contributed by atoms with van der Waals surface area (Å²) >= 11 is 0. The molecule has 2 aromatic rings. The van der Waals surface area contributed by atoms with Crippen molar-refractivity contribution in [1.29, 1.82) is 0 Å². The van der Waals surface area contributed by atoms with Gasteiger partial charge in [-0.1, -0.05) is 6.07 Å². The summed E-state index contributed by atoms with van der Waals surface area (Å²) in [5.41, 5.74) is 8.76. The third-order valence-corrected chi connectivity index (χ3v) is 4.18. The molecule has 1 aliphatic carbocycles. The van der Waals surface area contributed by atoms with Crippen molar-refractivity contribution >= 4 is 24.0 Å². The molecule has 0 radical (unpaired) electrons. The van der Waals surface area contributed by atoms with E-state index < -0.39 is 11.6 Å². The van der Waals surface area contributed by atoms with E-state index in [-0.39, 0.29) is 36.3 Å². The minimum atomic E-state index is -0.571. The molecule has 128 valence electrons. The monoisotopic (exact) mass is 352 g/mol. The Kier molecular flexibility index (Phi) is 5.78. The number of halogens is 3. The second kappa shape index (κ2) is 7.62. The predicted octanol–water partition coefficient (Wildman–Crippen LogP) is 3.71. The smallest absolute Gasteiger partial charge is 0.225 e. The average Bonchev–Trinajstić information content (AvgIpc) is 2.51. The van der Waals surface area contributed by atoms with Crippen LogP contribution in [0.1, 0.15) is 35.6 Å². The minimum absolute atomic E-state index is 0. The number of carbonyl (C=O) groups is 1. The maximum absolute atomic E-state index is 13.6. The summed E-state index contributed by atoms with van der Waals surface area (Å²) in [7, 11) is 0. The van der Waals surface area contributed by atoms with E-state index in [1.54, 1.807) is 0 Å². The molecule has 6 heteroatoms. The van der Waals surface area contributed by atoms with Crippen molar-refractivity contribution in [2.75, 3.05) is 5.73 Å². The normalized spacial score (nSPS) is 16.0. The summed E-state index contributed by atoms with van der Waals surface area (Å²) in [5.74, 6) is -1.43. The summed E-state index contributed by atoms with van der Waals surface area (Å²) in [6.45, 7) is 0. The van der Waals surface area contributed by atoms with Crippen LogP contribution in [0.5, 0.6) is 0 Å². The van der Waals surface area contributed by atoms with Crippen LogP contribution in [0.25, 0.3) is 0 Å². The summed E-state index contributed by atoms with van der Waals surface area (Å²) in [6, 6.07) is 8.70. The predicted molar refractivity (Wildman–Crippen MR) is 92.0 cm³/mol. The standard InChI is InChI=1S/C18H18F2N2O.ClH/c19-13-4-7-16(20)12(8-13)10-18(23)22-17-3-1-2-11-9-14(21)5-6-15(11)17;/h4-9,17H,1-3,10,21H2,(H,22,23);1H. The molecule has 1 unspecified atom stereocenters. The Labute approximate surface area is 145 Å². The first kappa shape index (κ1) is 18.2. The number of anilines is 1. The fourth-order valence-corrected chi connectivity index (χ4v) is 3.08. The Balaban J connectivity index is 0.00000208. The number of nitrogens with one attached hydrogen (secondary N) is 1. The molecule has 0 saturated heterocycles. The van der Waals surface area contributed by atoms with Crippen LogP contribution in [-0.2, 0) is 17.6 Å². The zero-order valence-electron chi connectivity index (χ0n) is 13.0. The molecule has 3 nitrogen and oxygen atoms in total. The summed E-state index contributed by atoms with van der Waals surface area (Å²) in [5, 5.41) is 2.92. The van der Waals surface area contributed by atoms with E-state index in [9.17, 15) is 13.6 Å². The zero-order valence-corrected chi connectivity index (χ0v) is 13.8. The number of fused-ring (bicyclic) bond motifs is 1. The van der Waals surface area contributed by atoms with Gasteiger partial charge in [0.15, 0.2) is 0 Å². The lowest BCUT2D eigenvalue weighted by Crippen LogP contribution is -2.32. The van der Waals surface area contributed by atoms with Gasteiger partial charge in [-0.2, -0.15) is 0 Å². The zero-order chi connectivity index (χ0) is 16.4. The Hall–Kier alpha value is -2.14. The number of aryl methyl sites for hydroxylation is 1. The van der Waals surface area contributed by atoms with Gasteiger partial charge >= 0.3 is 0 Å². The number of rotatable bonds is 3.